The van der Waals surface area contributed by atoms with Crippen LogP contribution >= 0.6 is 0 Å². The van der Waals surface area contributed by atoms with Crippen molar-refractivity contribution in [2.45, 2.75) is 0 Å². The lowest BCUT2D eigenvalue weighted by Crippen LogP contribution is -2.49. The second kappa shape index (κ2) is 8.82. The van der Waals surface area contributed by atoms with Gasteiger partial charge in [-0.05, 0) is 18.2 Å². The quantitative estimate of drug-likeness (QED) is 0.651. The Morgan fingerprint density at radius 3 is 2.37 bits per heavy atom. The number of rotatable bonds is 5. The Bertz CT molecular complexity index is 1020. The monoisotopic (exact) mass is 404 g/mol. The molecule has 1 fully saturated rings. The van der Waals surface area contributed by atoms with Gasteiger partial charge in [0.1, 0.15) is 23.6 Å². The minimum atomic E-state index is -0.0573. The van der Waals surface area contributed by atoms with Gasteiger partial charge < -0.3 is 19.3 Å². The van der Waals surface area contributed by atoms with Gasteiger partial charge in [0.2, 0.25) is 0 Å². The average Bonchev–Trinajstić information content (AvgIpc) is 2.84. The van der Waals surface area contributed by atoms with E-state index in [4.69, 9.17) is 9.47 Å². The minimum absolute atomic E-state index is 0.0573. The van der Waals surface area contributed by atoms with Gasteiger partial charge in [0.15, 0.2) is 0 Å². The van der Waals surface area contributed by atoms with E-state index in [1.807, 2.05) is 41.3 Å². The highest BCUT2D eigenvalue weighted by atomic mass is 16.5. The highest BCUT2D eigenvalue weighted by molar-refractivity contribution is 5.97. The third-order valence-electron chi connectivity index (χ3n) is 5.25. The van der Waals surface area contributed by atoms with Crippen molar-refractivity contribution in [1.29, 1.82) is 0 Å². The molecule has 2 heterocycles. The van der Waals surface area contributed by atoms with Crippen LogP contribution in [-0.4, -0.2) is 61.2 Å². The van der Waals surface area contributed by atoms with E-state index in [-0.39, 0.29) is 5.91 Å². The van der Waals surface area contributed by atoms with E-state index in [1.165, 1.54) is 0 Å². The Hall–Kier alpha value is -3.61. The maximum atomic E-state index is 13.1. The molecule has 0 N–H and O–H groups in total. The summed E-state index contributed by atoms with van der Waals surface area (Å²) in [5, 5.41) is 0. The summed E-state index contributed by atoms with van der Waals surface area (Å²) in [5.41, 5.74) is 2.46. The van der Waals surface area contributed by atoms with E-state index in [9.17, 15) is 4.79 Å². The predicted octanol–water partition coefficient (Wildman–Crippen LogP) is 3.12. The van der Waals surface area contributed by atoms with Crippen LogP contribution in [0, 0.1) is 0 Å². The topological polar surface area (TPSA) is 67.8 Å². The van der Waals surface area contributed by atoms with Crippen molar-refractivity contribution in [2.24, 2.45) is 0 Å². The van der Waals surface area contributed by atoms with Crippen LogP contribution in [0.25, 0.3) is 11.3 Å². The second-order valence-corrected chi connectivity index (χ2v) is 6.97. The molecule has 1 saturated heterocycles. The molecule has 4 rings (SSSR count). The first kappa shape index (κ1) is 19.7. The zero-order valence-corrected chi connectivity index (χ0v) is 17.1. The van der Waals surface area contributed by atoms with E-state index in [0.29, 0.717) is 43.2 Å². The predicted molar refractivity (Wildman–Crippen MR) is 115 cm³/mol. The first-order valence-corrected chi connectivity index (χ1v) is 9.83. The molecule has 3 aromatic rings. The summed E-state index contributed by atoms with van der Waals surface area (Å²) in [6.07, 6.45) is 1.59. The number of amides is 1. The number of hydrogen-bond donors (Lipinski definition) is 0. The summed E-state index contributed by atoms with van der Waals surface area (Å²) in [6, 6.07) is 17.3. The van der Waals surface area contributed by atoms with E-state index < -0.39 is 0 Å². The first-order valence-electron chi connectivity index (χ1n) is 9.83. The number of carbonyl (C=O) groups is 1. The summed E-state index contributed by atoms with van der Waals surface area (Å²) >= 11 is 0. The van der Waals surface area contributed by atoms with E-state index in [1.54, 1.807) is 38.7 Å². The van der Waals surface area contributed by atoms with Crippen molar-refractivity contribution in [2.75, 3.05) is 45.3 Å². The number of methoxy groups -OCH3 is 2. The van der Waals surface area contributed by atoms with Gasteiger partial charge in [-0.1, -0.05) is 30.3 Å². The molecule has 1 aromatic heterocycles. The molecule has 0 radical (unpaired) electrons. The standard InChI is InChI=1S/C23H24N4O3/c1-29-18-8-9-21(30-2)19(14-18)23(28)27-12-10-26(11-13-27)22-15-20(24-16-25-22)17-6-4-3-5-7-17/h3-9,14-16H,10-13H2,1-2H3. The zero-order chi connectivity index (χ0) is 20.9. The maximum absolute atomic E-state index is 13.1. The summed E-state index contributed by atoms with van der Waals surface area (Å²) in [6.45, 7) is 2.60. The molecule has 1 aliphatic rings. The molecular formula is C23H24N4O3. The van der Waals surface area contributed by atoms with Crippen molar-refractivity contribution in [3.63, 3.8) is 0 Å². The van der Waals surface area contributed by atoms with Crippen LogP contribution in [0.3, 0.4) is 0 Å². The Morgan fingerprint density at radius 1 is 0.900 bits per heavy atom. The highest BCUT2D eigenvalue weighted by Gasteiger charge is 2.25. The maximum Gasteiger partial charge on any atom is 0.257 e. The van der Waals surface area contributed by atoms with Gasteiger partial charge in [-0.25, -0.2) is 9.97 Å². The molecule has 0 atom stereocenters. The summed E-state index contributed by atoms with van der Waals surface area (Å²) < 4.78 is 10.6. The van der Waals surface area contributed by atoms with Crippen molar-refractivity contribution in [3.8, 4) is 22.8 Å². The lowest BCUT2D eigenvalue weighted by Gasteiger charge is -2.35. The van der Waals surface area contributed by atoms with Crippen LogP contribution in [0.15, 0.2) is 60.9 Å². The van der Waals surface area contributed by atoms with Crippen molar-refractivity contribution < 1.29 is 14.3 Å². The number of carbonyl (C=O) groups excluding carboxylic acids is 1. The number of benzene rings is 2. The van der Waals surface area contributed by atoms with Crippen LogP contribution in [0.4, 0.5) is 5.82 Å². The molecule has 154 valence electrons. The number of piperazine rings is 1. The van der Waals surface area contributed by atoms with E-state index in [2.05, 4.69) is 14.9 Å². The molecule has 0 unspecified atom stereocenters. The lowest BCUT2D eigenvalue weighted by molar-refractivity contribution is 0.0742. The fourth-order valence-corrected chi connectivity index (χ4v) is 3.58. The van der Waals surface area contributed by atoms with E-state index in [0.717, 1.165) is 17.1 Å². The van der Waals surface area contributed by atoms with Gasteiger partial charge >= 0.3 is 0 Å². The van der Waals surface area contributed by atoms with Crippen molar-refractivity contribution >= 4 is 11.7 Å². The van der Waals surface area contributed by atoms with E-state index >= 15 is 0 Å². The van der Waals surface area contributed by atoms with Gasteiger partial charge in [-0.3, -0.25) is 4.79 Å². The summed E-state index contributed by atoms with van der Waals surface area (Å²) in [5.74, 6) is 1.99. The summed E-state index contributed by atoms with van der Waals surface area (Å²) in [4.78, 5) is 25.9. The minimum Gasteiger partial charge on any atom is -0.497 e. The first-order chi connectivity index (χ1) is 14.7. The zero-order valence-electron chi connectivity index (χ0n) is 17.1. The van der Waals surface area contributed by atoms with Crippen LogP contribution in [0.2, 0.25) is 0 Å². The molecule has 7 heteroatoms. The van der Waals surface area contributed by atoms with Gasteiger partial charge in [-0.15, -0.1) is 0 Å². The number of aromatic nitrogens is 2. The van der Waals surface area contributed by atoms with Gasteiger partial charge in [0.05, 0.1) is 25.5 Å². The Balaban J connectivity index is 1.46. The third-order valence-corrected chi connectivity index (χ3v) is 5.25. The Kier molecular flexibility index (Phi) is 5.79. The molecular weight excluding hydrogens is 380 g/mol. The highest BCUT2D eigenvalue weighted by Crippen LogP contribution is 2.26. The molecule has 1 aliphatic heterocycles. The second-order valence-electron chi connectivity index (χ2n) is 6.97. The van der Waals surface area contributed by atoms with Crippen LogP contribution in [0.5, 0.6) is 11.5 Å². The largest absolute Gasteiger partial charge is 0.497 e. The SMILES string of the molecule is COc1ccc(OC)c(C(=O)N2CCN(c3cc(-c4ccccc4)ncn3)CC2)c1. The van der Waals surface area contributed by atoms with Crippen LogP contribution < -0.4 is 14.4 Å². The molecule has 7 nitrogen and oxygen atoms in total. The van der Waals surface area contributed by atoms with Gasteiger partial charge in [-0.2, -0.15) is 0 Å². The lowest BCUT2D eigenvalue weighted by atomic mass is 10.1. The van der Waals surface area contributed by atoms with Crippen LogP contribution in [-0.2, 0) is 0 Å². The molecule has 0 bridgehead atoms. The fraction of sp³-hybridized carbons (Fsp3) is 0.261. The van der Waals surface area contributed by atoms with Crippen molar-refractivity contribution in [1.82, 2.24) is 14.9 Å². The Morgan fingerprint density at radius 2 is 1.67 bits per heavy atom. The third kappa shape index (κ3) is 4.05. The van der Waals surface area contributed by atoms with Crippen LogP contribution in [0.1, 0.15) is 10.4 Å². The fourth-order valence-electron chi connectivity index (χ4n) is 3.58. The van der Waals surface area contributed by atoms with Gasteiger partial charge in [0.25, 0.3) is 5.91 Å². The van der Waals surface area contributed by atoms with Crippen molar-refractivity contribution in [3.05, 3.63) is 66.5 Å². The molecule has 0 spiro atoms. The smallest absolute Gasteiger partial charge is 0.257 e. The van der Waals surface area contributed by atoms with Gasteiger partial charge in [0, 0.05) is 37.8 Å². The molecule has 0 aliphatic carbocycles. The normalized spacial score (nSPS) is 13.8. The molecule has 1 amide bonds. The Labute approximate surface area is 175 Å². The molecule has 2 aromatic carbocycles. The number of hydrogen-bond acceptors (Lipinski definition) is 6. The molecule has 30 heavy (non-hydrogen) atoms. The average molecular weight is 404 g/mol. The number of nitrogens with zero attached hydrogens (tertiary/aromatic N) is 4. The number of anilines is 1. The summed E-state index contributed by atoms with van der Waals surface area (Å²) in [7, 11) is 3.15. The number of ether oxygens (including phenoxy) is 2. The molecule has 0 saturated carbocycles.